The van der Waals surface area contributed by atoms with E-state index in [4.69, 9.17) is 27.2 Å². The second-order valence-corrected chi connectivity index (χ2v) is 4.18. The van der Waals surface area contributed by atoms with E-state index in [2.05, 4.69) is 0 Å². The lowest BCUT2D eigenvalue weighted by molar-refractivity contribution is 0.0693. The molecule has 0 heterocycles. The van der Waals surface area contributed by atoms with E-state index in [1.165, 1.54) is 24.3 Å². The lowest BCUT2D eigenvalue weighted by Gasteiger charge is -2.09. The van der Waals surface area contributed by atoms with Crippen LogP contribution in [-0.4, -0.2) is 16.2 Å². The van der Waals surface area contributed by atoms with Crippen molar-refractivity contribution in [3.63, 3.8) is 0 Å². The van der Waals surface area contributed by atoms with Crippen molar-refractivity contribution in [2.45, 2.75) is 0 Å². The maximum atomic E-state index is 10.7. The highest BCUT2D eigenvalue weighted by Gasteiger charge is 2.11. The average molecular weight is 280 g/mol. The zero-order chi connectivity index (χ0) is 14.0. The standard InChI is InChI=1S/C13H10ClNO4/c14-10-5-7(15)1-4-12(10)19-8-2-3-9(13(17)18)11(16)6-8/h1-6,16H,15H2,(H,17,18). The van der Waals surface area contributed by atoms with Gasteiger partial charge in [-0.3, -0.25) is 0 Å². The van der Waals surface area contributed by atoms with Crippen LogP contribution in [0.3, 0.4) is 0 Å². The Morgan fingerprint density at radius 2 is 1.95 bits per heavy atom. The SMILES string of the molecule is Nc1ccc(Oc2ccc(C(=O)O)c(O)c2)c(Cl)c1. The Bertz CT molecular complexity index is 643. The van der Waals surface area contributed by atoms with E-state index in [1.807, 2.05) is 0 Å². The van der Waals surface area contributed by atoms with Gasteiger partial charge in [-0.2, -0.15) is 0 Å². The molecule has 2 rings (SSSR count). The first kappa shape index (κ1) is 13.0. The number of benzene rings is 2. The number of hydrogen-bond acceptors (Lipinski definition) is 4. The van der Waals surface area contributed by atoms with Gasteiger partial charge in [0, 0.05) is 11.8 Å². The number of rotatable bonds is 3. The van der Waals surface area contributed by atoms with Crippen LogP contribution in [0.25, 0.3) is 0 Å². The van der Waals surface area contributed by atoms with Gasteiger partial charge < -0.3 is 20.7 Å². The van der Waals surface area contributed by atoms with Crippen LogP contribution in [0.5, 0.6) is 17.2 Å². The molecule has 0 bridgehead atoms. The number of aromatic hydroxyl groups is 1. The van der Waals surface area contributed by atoms with Crippen molar-refractivity contribution < 1.29 is 19.7 Å². The second kappa shape index (κ2) is 5.07. The minimum absolute atomic E-state index is 0.198. The molecule has 5 nitrogen and oxygen atoms in total. The van der Waals surface area contributed by atoms with Gasteiger partial charge in [0.05, 0.1) is 5.02 Å². The first-order valence-electron chi connectivity index (χ1n) is 5.26. The number of halogens is 1. The molecule has 0 fully saturated rings. The number of hydrogen-bond donors (Lipinski definition) is 3. The summed E-state index contributed by atoms with van der Waals surface area (Å²) in [6, 6.07) is 8.61. The minimum Gasteiger partial charge on any atom is -0.507 e. The topological polar surface area (TPSA) is 92.8 Å². The smallest absolute Gasteiger partial charge is 0.339 e. The molecule has 6 heteroatoms. The van der Waals surface area contributed by atoms with Crippen molar-refractivity contribution in [3.8, 4) is 17.2 Å². The predicted molar refractivity (Wildman–Crippen MR) is 71.0 cm³/mol. The summed E-state index contributed by atoms with van der Waals surface area (Å²) in [6.45, 7) is 0. The molecule has 0 aliphatic rings. The van der Waals surface area contributed by atoms with Crippen molar-refractivity contribution in [1.29, 1.82) is 0 Å². The largest absolute Gasteiger partial charge is 0.507 e. The van der Waals surface area contributed by atoms with Crippen LogP contribution in [0.15, 0.2) is 36.4 Å². The molecule has 2 aromatic carbocycles. The van der Waals surface area contributed by atoms with Crippen LogP contribution in [0, 0.1) is 0 Å². The molecular formula is C13H10ClNO4. The molecule has 2 aromatic rings. The summed E-state index contributed by atoms with van der Waals surface area (Å²) in [5.74, 6) is -0.960. The van der Waals surface area contributed by atoms with Crippen LogP contribution in [0.2, 0.25) is 5.02 Å². The fraction of sp³-hybridized carbons (Fsp3) is 0. The van der Waals surface area contributed by atoms with E-state index < -0.39 is 5.97 Å². The van der Waals surface area contributed by atoms with Crippen LogP contribution in [0.1, 0.15) is 10.4 Å². The van der Waals surface area contributed by atoms with Crippen molar-refractivity contribution in [3.05, 3.63) is 47.0 Å². The monoisotopic (exact) mass is 279 g/mol. The highest BCUT2D eigenvalue weighted by molar-refractivity contribution is 6.32. The second-order valence-electron chi connectivity index (χ2n) is 3.78. The van der Waals surface area contributed by atoms with Crippen LogP contribution in [-0.2, 0) is 0 Å². The first-order chi connectivity index (χ1) is 8.97. The number of carbonyl (C=O) groups is 1. The summed E-state index contributed by atoms with van der Waals surface area (Å²) in [5.41, 5.74) is 5.86. The van der Waals surface area contributed by atoms with Gasteiger partial charge in [-0.25, -0.2) is 4.79 Å². The molecule has 0 saturated heterocycles. The van der Waals surface area contributed by atoms with Gasteiger partial charge in [0.15, 0.2) is 0 Å². The summed E-state index contributed by atoms with van der Waals surface area (Å²) in [4.78, 5) is 10.7. The van der Waals surface area contributed by atoms with E-state index in [1.54, 1.807) is 12.1 Å². The number of nitrogen functional groups attached to an aromatic ring is 1. The van der Waals surface area contributed by atoms with E-state index in [0.717, 1.165) is 0 Å². The van der Waals surface area contributed by atoms with E-state index in [-0.39, 0.29) is 17.1 Å². The van der Waals surface area contributed by atoms with Gasteiger partial charge >= 0.3 is 5.97 Å². The predicted octanol–water partition coefficient (Wildman–Crippen LogP) is 3.12. The number of nitrogens with two attached hydrogens (primary N) is 1. The van der Waals surface area contributed by atoms with Crippen LogP contribution in [0.4, 0.5) is 5.69 Å². The van der Waals surface area contributed by atoms with Gasteiger partial charge in [-0.15, -0.1) is 0 Å². The Kier molecular flexibility index (Phi) is 3.48. The van der Waals surface area contributed by atoms with Gasteiger partial charge in [0.25, 0.3) is 0 Å². The third-order valence-electron chi connectivity index (χ3n) is 2.38. The summed E-state index contributed by atoms with van der Waals surface area (Å²) in [7, 11) is 0. The number of carboxylic acids is 1. The molecule has 0 aliphatic carbocycles. The summed E-state index contributed by atoms with van der Waals surface area (Å²) in [5, 5.41) is 18.6. The average Bonchev–Trinajstić information content (AvgIpc) is 2.32. The zero-order valence-electron chi connectivity index (χ0n) is 9.63. The van der Waals surface area contributed by atoms with Crippen molar-refractivity contribution in [1.82, 2.24) is 0 Å². The molecule has 4 N–H and O–H groups in total. The molecule has 19 heavy (non-hydrogen) atoms. The van der Waals surface area contributed by atoms with E-state index >= 15 is 0 Å². The van der Waals surface area contributed by atoms with Crippen molar-refractivity contribution >= 4 is 23.3 Å². The number of phenols is 1. The number of carboxylic acid groups (broad SMARTS) is 1. The van der Waals surface area contributed by atoms with Crippen LogP contribution < -0.4 is 10.5 Å². The molecule has 0 spiro atoms. The minimum atomic E-state index is -1.21. The molecule has 0 aromatic heterocycles. The summed E-state index contributed by atoms with van der Waals surface area (Å²) in [6.07, 6.45) is 0. The Morgan fingerprint density at radius 3 is 2.53 bits per heavy atom. The first-order valence-corrected chi connectivity index (χ1v) is 5.64. The van der Waals surface area contributed by atoms with Gasteiger partial charge in [0.1, 0.15) is 22.8 Å². The molecular weight excluding hydrogens is 270 g/mol. The van der Waals surface area contributed by atoms with Crippen molar-refractivity contribution in [2.75, 3.05) is 5.73 Å². The highest BCUT2D eigenvalue weighted by Crippen LogP contribution is 2.33. The summed E-state index contributed by atoms with van der Waals surface area (Å²) >= 11 is 5.94. The molecule has 0 unspecified atom stereocenters. The number of anilines is 1. The third-order valence-corrected chi connectivity index (χ3v) is 2.68. The molecule has 0 amide bonds. The van der Waals surface area contributed by atoms with Gasteiger partial charge in [-0.05, 0) is 30.3 Å². The lowest BCUT2D eigenvalue weighted by Crippen LogP contribution is -1.96. The molecule has 0 atom stereocenters. The Hall–Kier alpha value is -2.40. The normalized spacial score (nSPS) is 10.2. The lowest BCUT2D eigenvalue weighted by atomic mass is 10.2. The van der Waals surface area contributed by atoms with E-state index in [9.17, 15) is 9.90 Å². The quantitative estimate of drug-likeness (QED) is 0.751. The maximum absolute atomic E-state index is 10.7. The molecule has 0 aliphatic heterocycles. The maximum Gasteiger partial charge on any atom is 0.339 e. The highest BCUT2D eigenvalue weighted by atomic mass is 35.5. The Morgan fingerprint density at radius 1 is 1.21 bits per heavy atom. The molecule has 0 radical (unpaired) electrons. The fourth-order valence-electron chi connectivity index (χ4n) is 1.48. The summed E-state index contributed by atoms with van der Waals surface area (Å²) < 4.78 is 5.44. The number of ether oxygens (including phenoxy) is 1. The zero-order valence-corrected chi connectivity index (χ0v) is 10.4. The Labute approximate surface area is 113 Å². The Balaban J connectivity index is 2.29. The van der Waals surface area contributed by atoms with Gasteiger partial charge in [0.2, 0.25) is 0 Å². The fourth-order valence-corrected chi connectivity index (χ4v) is 1.71. The molecule has 0 saturated carbocycles. The van der Waals surface area contributed by atoms with Crippen molar-refractivity contribution in [2.24, 2.45) is 0 Å². The van der Waals surface area contributed by atoms with Crippen LogP contribution >= 0.6 is 11.6 Å². The van der Waals surface area contributed by atoms with E-state index in [0.29, 0.717) is 16.5 Å². The number of aromatic carboxylic acids is 1. The van der Waals surface area contributed by atoms with Gasteiger partial charge in [-0.1, -0.05) is 11.6 Å². The third kappa shape index (κ3) is 2.89. The molecule has 98 valence electrons.